The summed E-state index contributed by atoms with van der Waals surface area (Å²) in [4.78, 5) is 12.4. The number of rotatable bonds is 5. The fourth-order valence-electron chi connectivity index (χ4n) is 3.20. The summed E-state index contributed by atoms with van der Waals surface area (Å²) < 4.78 is 3.86. The van der Waals surface area contributed by atoms with Crippen LogP contribution in [-0.2, 0) is 17.9 Å². The van der Waals surface area contributed by atoms with E-state index in [9.17, 15) is 4.79 Å². The van der Waals surface area contributed by atoms with Gasteiger partial charge in [0, 0.05) is 29.3 Å². The van der Waals surface area contributed by atoms with E-state index in [0.717, 1.165) is 28.7 Å². The average molecular weight is 347 g/mol. The van der Waals surface area contributed by atoms with Crippen molar-refractivity contribution in [2.45, 2.75) is 26.9 Å². The van der Waals surface area contributed by atoms with E-state index in [1.54, 1.807) is 4.68 Å². The first-order valence-corrected chi connectivity index (χ1v) is 8.77. The number of nitrogens with one attached hydrogen (secondary N) is 1. The highest BCUT2D eigenvalue weighted by atomic mass is 16.2. The van der Waals surface area contributed by atoms with E-state index < -0.39 is 0 Å². The van der Waals surface area contributed by atoms with E-state index in [4.69, 9.17) is 0 Å². The molecule has 0 saturated heterocycles. The van der Waals surface area contributed by atoms with Crippen LogP contribution in [0.2, 0.25) is 0 Å². The van der Waals surface area contributed by atoms with Crippen LogP contribution in [0.1, 0.15) is 13.8 Å². The normalized spacial score (nSPS) is 11.5. The second-order valence-corrected chi connectivity index (χ2v) is 6.92. The smallest absolute Gasteiger partial charge is 0.246 e. The summed E-state index contributed by atoms with van der Waals surface area (Å²) >= 11 is 0. The summed E-state index contributed by atoms with van der Waals surface area (Å²) in [7, 11) is 0. The van der Waals surface area contributed by atoms with Crippen LogP contribution >= 0.6 is 0 Å². The lowest BCUT2D eigenvalue weighted by Gasteiger charge is -2.09. The van der Waals surface area contributed by atoms with E-state index in [2.05, 4.69) is 52.4 Å². The monoisotopic (exact) mass is 347 g/mol. The molecule has 0 radical (unpaired) electrons. The van der Waals surface area contributed by atoms with Gasteiger partial charge in [-0.25, -0.2) is 4.68 Å². The van der Waals surface area contributed by atoms with Gasteiger partial charge in [0.1, 0.15) is 12.1 Å². The van der Waals surface area contributed by atoms with Gasteiger partial charge in [-0.15, -0.1) is 5.10 Å². The molecule has 1 amide bonds. The van der Waals surface area contributed by atoms with Crippen molar-refractivity contribution >= 4 is 33.5 Å². The van der Waals surface area contributed by atoms with Gasteiger partial charge in [-0.3, -0.25) is 4.79 Å². The van der Waals surface area contributed by atoms with Gasteiger partial charge in [0.05, 0.1) is 5.52 Å². The molecule has 0 aliphatic rings. The third kappa shape index (κ3) is 3.18. The lowest BCUT2D eigenvalue weighted by molar-refractivity contribution is -0.116. The van der Waals surface area contributed by atoms with Crippen molar-refractivity contribution < 1.29 is 4.79 Å². The summed E-state index contributed by atoms with van der Waals surface area (Å²) in [5, 5.41) is 12.2. The molecule has 0 saturated carbocycles. The molecular weight excluding hydrogens is 326 g/mol. The van der Waals surface area contributed by atoms with E-state index in [0.29, 0.717) is 5.92 Å². The topological polar surface area (TPSA) is 64.7 Å². The highest BCUT2D eigenvalue weighted by Crippen LogP contribution is 2.21. The fraction of sp³-hybridized carbons (Fsp3) is 0.250. The van der Waals surface area contributed by atoms with Crippen LogP contribution in [0.3, 0.4) is 0 Å². The van der Waals surface area contributed by atoms with Crippen LogP contribution in [0.15, 0.2) is 54.7 Å². The molecule has 0 aliphatic heterocycles. The molecule has 0 atom stereocenters. The highest BCUT2D eigenvalue weighted by molar-refractivity contribution is 5.94. The predicted octanol–water partition coefficient (Wildman–Crippen LogP) is 3.68. The molecule has 132 valence electrons. The van der Waals surface area contributed by atoms with Gasteiger partial charge in [0.2, 0.25) is 5.91 Å². The number of nitrogens with zero attached hydrogens (tertiary/aromatic N) is 4. The first-order chi connectivity index (χ1) is 12.6. The SMILES string of the molecule is CC(C)Cn1ccc2cc(NC(=O)Cn3nnc4ccccc43)ccc21. The fourth-order valence-corrected chi connectivity index (χ4v) is 3.20. The van der Waals surface area contributed by atoms with Gasteiger partial charge in [-0.2, -0.15) is 0 Å². The Hall–Kier alpha value is -3.15. The Bertz CT molecular complexity index is 1080. The van der Waals surface area contributed by atoms with Crippen LogP contribution in [0.5, 0.6) is 0 Å². The van der Waals surface area contributed by atoms with Gasteiger partial charge in [0.15, 0.2) is 0 Å². The number of hydrogen-bond donors (Lipinski definition) is 1. The Morgan fingerprint density at radius 2 is 1.96 bits per heavy atom. The molecule has 1 N–H and O–H groups in total. The number of aromatic nitrogens is 4. The van der Waals surface area contributed by atoms with E-state index in [-0.39, 0.29) is 12.5 Å². The molecule has 0 unspecified atom stereocenters. The Kier molecular flexibility index (Phi) is 4.16. The highest BCUT2D eigenvalue weighted by Gasteiger charge is 2.10. The number of anilines is 1. The van der Waals surface area contributed by atoms with Crippen LogP contribution in [0.25, 0.3) is 21.9 Å². The van der Waals surface area contributed by atoms with Crippen molar-refractivity contribution in [1.82, 2.24) is 19.6 Å². The maximum Gasteiger partial charge on any atom is 0.246 e. The molecule has 2 aromatic carbocycles. The molecule has 0 aliphatic carbocycles. The molecule has 4 rings (SSSR count). The molecule has 6 heteroatoms. The maximum absolute atomic E-state index is 12.4. The first-order valence-electron chi connectivity index (χ1n) is 8.77. The predicted molar refractivity (Wildman–Crippen MR) is 103 cm³/mol. The number of para-hydroxylation sites is 1. The van der Waals surface area contributed by atoms with Gasteiger partial charge < -0.3 is 9.88 Å². The quantitative estimate of drug-likeness (QED) is 0.599. The third-order valence-corrected chi connectivity index (χ3v) is 4.33. The van der Waals surface area contributed by atoms with Crippen LogP contribution < -0.4 is 5.32 Å². The molecule has 6 nitrogen and oxygen atoms in total. The molecule has 0 spiro atoms. The second-order valence-electron chi connectivity index (χ2n) is 6.92. The number of amides is 1. The summed E-state index contributed by atoms with van der Waals surface area (Å²) in [6.45, 7) is 5.52. The van der Waals surface area contributed by atoms with Crippen LogP contribution in [0, 0.1) is 5.92 Å². The van der Waals surface area contributed by atoms with Crippen molar-refractivity contribution in [1.29, 1.82) is 0 Å². The Morgan fingerprint density at radius 1 is 1.12 bits per heavy atom. The summed E-state index contributed by atoms with van der Waals surface area (Å²) in [6.07, 6.45) is 2.10. The number of hydrogen-bond acceptors (Lipinski definition) is 3. The van der Waals surface area contributed by atoms with Crippen molar-refractivity contribution in [2.24, 2.45) is 5.92 Å². The zero-order chi connectivity index (χ0) is 18.1. The lowest BCUT2D eigenvalue weighted by atomic mass is 10.2. The Labute approximate surface area is 151 Å². The summed E-state index contributed by atoms with van der Waals surface area (Å²) in [6, 6.07) is 15.7. The van der Waals surface area contributed by atoms with Crippen LogP contribution in [0.4, 0.5) is 5.69 Å². The van der Waals surface area contributed by atoms with Crippen molar-refractivity contribution in [3.05, 3.63) is 54.7 Å². The first kappa shape index (κ1) is 16.3. The molecular formula is C20H21N5O. The van der Waals surface area contributed by atoms with E-state index in [1.165, 1.54) is 5.52 Å². The Balaban J connectivity index is 1.50. The number of carbonyl (C=O) groups excluding carboxylic acids is 1. The number of fused-ring (bicyclic) bond motifs is 2. The lowest BCUT2D eigenvalue weighted by Crippen LogP contribution is -2.19. The van der Waals surface area contributed by atoms with E-state index in [1.807, 2.05) is 36.4 Å². The molecule has 2 heterocycles. The standard InChI is InChI=1S/C20H21N5O/c1-14(2)12-24-10-9-15-11-16(7-8-18(15)24)21-20(26)13-25-19-6-4-3-5-17(19)22-23-25/h3-11,14H,12-13H2,1-2H3,(H,21,26). The largest absolute Gasteiger partial charge is 0.347 e. The maximum atomic E-state index is 12.4. The minimum absolute atomic E-state index is 0.124. The second kappa shape index (κ2) is 6.63. The van der Waals surface area contributed by atoms with Crippen molar-refractivity contribution in [3.8, 4) is 0 Å². The van der Waals surface area contributed by atoms with Crippen molar-refractivity contribution in [2.75, 3.05) is 5.32 Å². The molecule has 2 aromatic heterocycles. The van der Waals surface area contributed by atoms with E-state index >= 15 is 0 Å². The zero-order valence-electron chi connectivity index (χ0n) is 14.9. The van der Waals surface area contributed by atoms with Gasteiger partial charge in [-0.1, -0.05) is 31.2 Å². The number of carbonyl (C=O) groups is 1. The molecule has 0 bridgehead atoms. The van der Waals surface area contributed by atoms with Gasteiger partial charge >= 0.3 is 0 Å². The minimum Gasteiger partial charge on any atom is -0.347 e. The summed E-state index contributed by atoms with van der Waals surface area (Å²) in [5.41, 5.74) is 3.60. The van der Waals surface area contributed by atoms with Gasteiger partial charge in [-0.05, 0) is 42.3 Å². The van der Waals surface area contributed by atoms with Crippen molar-refractivity contribution in [3.63, 3.8) is 0 Å². The molecule has 26 heavy (non-hydrogen) atoms. The molecule has 0 fully saturated rings. The number of benzene rings is 2. The summed E-state index contributed by atoms with van der Waals surface area (Å²) in [5.74, 6) is 0.462. The van der Waals surface area contributed by atoms with Crippen LogP contribution in [-0.4, -0.2) is 25.5 Å². The zero-order valence-corrected chi connectivity index (χ0v) is 14.9. The minimum atomic E-state index is -0.124. The average Bonchev–Trinajstić information content (AvgIpc) is 3.19. The van der Waals surface area contributed by atoms with Gasteiger partial charge in [0.25, 0.3) is 0 Å². The molecule has 4 aromatic rings. The Morgan fingerprint density at radius 3 is 2.81 bits per heavy atom. The third-order valence-electron chi connectivity index (χ3n) is 4.33.